The van der Waals surface area contributed by atoms with Crippen molar-refractivity contribution < 1.29 is 23.4 Å². The maximum atomic E-state index is 14.1. The van der Waals surface area contributed by atoms with Gasteiger partial charge in [-0.3, -0.25) is 4.79 Å². The van der Waals surface area contributed by atoms with Crippen LogP contribution in [0.15, 0.2) is 71.1 Å². The van der Waals surface area contributed by atoms with Gasteiger partial charge in [0.25, 0.3) is 5.79 Å². The molecular weight excluding hydrogens is 451 g/mol. The van der Waals surface area contributed by atoms with Crippen LogP contribution >= 0.6 is 23.2 Å². The van der Waals surface area contributed by atoms with E-state index in [1.807, 2.05) is 19.9 Å². The third-order valence-corrected chi connectivity index (χ3v) is 6.69. The second-order valence-electron chi connectivity index (χ2n) is 7.95. The highest BCUT2D eigenvalue weighted by atomic mass is 35.5. The molecule has 3 heterocycles. The first-order valence-electron chi connectivity index (χ1n) is 10.1. The van der Waals surface area contributed by atoms with Crippen LogP contribution < -0.4 is 4.74 Å². The Labute approximate surface area is 195 Å². The molecule has 0 fully saturated rings. The lowest BCUT2D eigenvalue weighted by Gasteiger charge is -2.49. The molecule has 0 saturated heterocycles. The molecule has 5 nitrogen and oxygen atoms in total. The molecule has 0 radical (unpaired) electrons. The Hall–Kier alpha value is -2.57. The van der Waals surface area contributed by atoms with Crippen molar-refractivity contribution >= 4 is 29.0 Å². The van der Waals surface area contributed by atoms with Crippen LogP contribution in [0.3, 0.4) is 0 Å². The topological polar surface area (TPSA) is 57.9 Å². The lowest BCUT2D eigenvalue weighted by molar-refractivity contribution is -0.279. The largest absolute Gasteiger partial charge is 0.472 e. The summed E-state index contributed by atoms with van der Waals surface area (Å²) in [5.74, 6) is -1.49. The minimum Gasteiger partial charge on any atom is -0.472 e. The number of ketones is 1. The summed E-state index contributed by atoms with van der Waals surface area (Å²) in [6.07, 6.45) is 5.02. The van der Waals surface area contributed by atoms with Crippen molar-refractivity contribution in [1.82, 2.24) is 0 Å². The van der Waals surface area contributed by atoms with E-state index >= 15 is 0 Å². The standard InChI is InChI=1S/C25H20Cl2O5/c1-15-11-22-20(12-21(15)27)23(28)24(16(2)7-10-30-24)25(32-22,18-3-5-19(26)6-4-18)31-14-17-8-9-29-13-17/h3-9,11-13H,10,14H2,1-2H3. The average Bonchev–Trinajstić information content (AvgIpc) is 3.43. The monoisotopic (exact) mass is 470 g/mol. The normalized spacial score (nSPS) is 24.4. The summed E-state index contributed by atoms with van der Waals surface area (Å²) >= 11 is 12.5. The van der Waals surface area contributed by atoms with Gasteiger partial charge in [0.05, 0.1) is 31.3 Å². The van der Waals surface area contributed by atoms with Crippen LogP contribution in [0.25, 0.3) is 0 Å². The van der Waals surface area contributed by atoms with Gasteiger partial charge in [0.2, 0.25) is 11.4 Å². The lowest BCUT2D eigenvalue weighted by Crippen LogP contribution is -2.64. The third kappa shape index (κ3) is 3.04. The van der Waals surface area contributed by atoms with Crippen LogP contribution in [0.5, 0.6) is 5.75 Å². The van der Waals surface area contributed by atoms with Crippen LogP contribution in [0, 0.1) is 6.92 Å². The van der Waals surface area contributed by atoms with Gasteiger partial charge in [0.1, 0.15) is 5.75 Å². The Morgan fingerprint density at radius 1 is 1.09 bits per heavy atom. The van der Waals surface area contributed by atoms with E-state index in [4.69, 9.17) is 41.8 Å². The fourth-order valence-corrected chi connectivity index (χ4v) is 4.63. The minimum atomic E-state index is -1.60. The second kappa shape index (κ2) is 7.78. The first kappa shape index (κ1) is 21.3. The number of carbonyl (C=O) groups is 1. The Morgan fingerprint density at radius 3 is 2.53 bits per heavy atom. The van der Waals surface area contributed by atoms with E-state index in [9.17, 15) is 4.79 Å². The van der Waals surface area contributed by atoms with Gasteiger partial charge in [0, 0.05) is 21.2 Å². The van der Waals surface area contributed by atoms with E-state index in [-0.39, 0.29) is 19.0 Å². The van der Waals surface area contributed by atoms with Gasteiger partial charge in [-0.2, -0.15) is 0 Å². The van der Waals surface area contributed by atoms with E-state index in [1.54, 1.807) is 55.0 Å². The number of hydrogen-bond donors (Lipinski definition) is 0. The van der Waals surface area contributed by atoms with Crippen molar-refractivity contribution in [3.8, 4) is 5.75 Å². The summed E-state index contributed by atoms with van der Waals surface area (Å²) in [4.78, 5) is 14.1. The summed E-state index contributed by atoms with van der Waals surface area (Å²) in [7, 11) is 0. The van der Waals surface area contributed by atoms with Gasteiger partial charge >= 0.3 is 0 Å². The van der Waals surface area contributed by atoms with Gasteiger partial charge in [-0.05, 0) is 55.3 Å². The van der Waals surface area contributed by atoms with Crippen molar-refractivity contribution in [3.63, 3.8) is 0 Å². The Morgan fingerprint density at radius 2 is 1.88 bits per heavy atom. The number of hydrogen-bond acceptors (Lipinski definition) is 5. The van der Waals surface area contributed by atoms with E-state index in [0.29, 0.717) is 32.5 Å². The fraction of sp³-hybridized carbons (Fsp3) is 0.240. The maximum Gasteiger partial charge on any atom is 0.278 e. The van der Waals surface area contributed by atoms with E-state index in [1.165, 1.54) is 0 Å². The molecule has 2 atom stereocenters. The van der Waals surface area contributed by atoms with Crippen LogP contribution in [-0.2, 0) is 21.9 Å². The number of carbonyl (C=O) groups excluding carboxylic acids is 1. The summed E-state index contributed by atoms with van der Waals surface area (Å²) in [6, 6.07) is 12.2. The molecule has 1 spiro atoms. The predicted molar refractivity (Wildman–Crippen MR) is 120 cm³/mol. The van der Waals surface area contributed by atoms with Crippen molar-refractivity contribution in [1.29, 1.82) is 0 Å². The molecule has 0 bridgehead atoms. The number of ether oxygens (including phenoxy) is 3. The van der Waals surface area contributed by atoms with Crippen molar-refractivity contribution in [2.75, 3.05) is 6.61 Å². The number of rotatable bonds is 4. The van der Waals surface area contributed by atoms with Gasteiger partial charge in [-0.1, -0.05) is 41.4 Å². The molecule has 2 aromatic carbocycles. The highest BCUT2D eigenvalue weighted by Gasteiger charge is 2.67. The molecule has 0 amide bonds. The molecular formula is C25H20Cl2O5. The molecule has 2 aliphatic rings. The molecule has 164 valence electrons. The molecule has 0 aliphatic carbocycles. The van der Waals surface area contributed by atoms with Crippen LogP contribution in [0.4, 0.5) is 0 Å². The Kier molecular flexibility index (Phi) is 5.18. The number of halogens is 2. The van der Waals surface area contributed by atoms with Crippen LogP contribution in [0.2, 0.25) is 10.0 Å². The zero-order chi connectivity index (χ0) is 22.5. The van der Waals surface area contributed by atoms with E-state index < -0.39 is 11.4 Å². The zero-order valence-corrected chi connectivity index (χ0v) is 19.0. The van der Waals surface area contributed by atoms with Gasteiger partial charge in [-0.25, -0.2) is 0 Å². The molecule has 32 heavy (non-hydrogen) atoms. The van der Waals surface area contributed by atoms with Gasteiger partial charge < -0.3 is 18.6 Å². The molecule has 5 rings (SSSR count). The van der Waals surface area contributed by atoms with Crippen LogP contribution in [0.1, 0.15) is 34.0 Å². The summed E-state index contributed by atoms with van der Waals surface area (Å²) < 4.78 is 24.5. The minimum absolute atomic E-state index is 0.132. The molecule has 3 aromatic rings. The molecule has 2 unspecified atom stereocenters. The summed E-state index contributed by atoms with van der Waals surface area (Å²) in [5, 5.41) is 1.03. The number of benzene rings is 2. The SMILES string of the molecule is CC1=CCOC12C(=O)c1cc(Cl)c(C)cc1OC2(OCc1ccoc1)c1ccc(Cl)cc1. The Balaban J connectivity index is 1.76. The van der Waals surface area contributed by atoms with E-state index in [0.717, 1.165) is 11.1 Å². The van der Waals surface area contributed by atoms with E-state index in [2.05, 4.69) is 0 Å². The third-order valence-electron chi connectivity index (χ3n) is 6.03. The Bertz CT molecular complexity index is 1220. The quantitative estimate of drug-likeness (QED) is 0.421. The van der Waals surface area contributed by atoms with Crippen molar-refractivity contribution in [2.24, 2.45) is 0 Å². The average molecular weight is 471 g/mol. The lowest BCUT2D eigenvalue weighted by atomic mass is 9.74. The fourth-order valence-electron chi connectivity index (χ4n) is 4.34. The molecule has 0 N–H and O–H groups in total. The van der Waals surface area contributed by atoms with Crippen molar-refractivity contribution in [3.05, 3.63) is 98.9 Å². The number of aryl methyl sites for hydroxylation is 1. The summed E-state index contributed by atoms with van der Waals surface area (Å²) in [5.41, 5.74) is 1.71. The molecule has 2 aliphatic heterocycles. The molecule has 1 aromatic heterocycles. The highest BCUT2D eigenvalue weighted by molar-refractivity contribution is 6.32. The number of fused-ring (bicyclic) bond motifs is 1. The predicted octanol–water partition coefficient (Wildman–Crippen LogP) is 6.26. The van der Waals surface area contributed by atoms with Gasteiger partial charge in [-0.15, -0.1) is 0 Å². The number of furan rings is 1. The smallest absolute Gasteiger partial charge is 0.278 e. The second-order valence-corrected chi connectivity index (χ2v) is 8.80. The maximum absolute atomic E-state index is 14.1. The first-order valence-corrected chi connectivity index (χ1v) is 10.9. The van der Waals surface area contributed by atoms with Crippen molar-refractivity contribution in [2.45, 2.75) is 31.8 Å². The summed E-state index contributed by atoms with van der Waals surface area (Å²) in [6.45, 7) is 4.09. The highest BCUT2D eigenvalue weighted by Crippen LogP contribution is 2.54. The first-order chi connectivity index (χ1) is 15.4. The van der Waals surface area contributed by atoms with Gasteiger partial charge in [0.15, 0.2) is 0 Å². The zero-order valence-electron chi connectivity index (χ0n) is 17.5. The molecule has 0 saturated carbocycles. The molecule has 7 heteroatoms. The number of Topliss-reactive ketones (excluding diaryl/α,β-unsaturated/α-hetero) is 1. The van der Waals surface area contributed by atoms with Crippen LogP contribution in [-0.4, -0.2) is 18.0 Å².